The van der Waals surface area contributed by atoms with E-state index in [0.717, 1.165) is 25.4 Å². The van der Waals surface area contributed by atoms with E-state index in [1.165, 1.54) is 18.5 Å². The van der Waals surface area contributed by atoms with Crippen molar-refractivity contribution >= 4 is 0 Å². The molecule has 1 saturated heterocycles. The van der Waals surface area contributed by atoms with E-state index in [2.05, 4.69) is 29.0 Å². The molecule has 1 fully saturated rings. The van der Waals surface area contributed by atoms with Crippen LogP contribution in [0.2, 0.25) is 0 Å². The molecule has 2 N–H and O–H groups in total. The minimum absolute atomic E-state index is 0.317. The number of hydrogen-bond acceptors (Lipinski definition) is 4. The highest BCUT2D eigenvalue weighted by molar-refractivity contribution is 5.29. The van der Waals surface area contributed by atoms with Crippen LogP contribution >= 0.6 is 0 Å². The molecule has 0 radical (unpaired) electrons. The van der Waals surface area contributed by atoms with Gasteiger partial charge in [-0.15, -0.1) is 0 Å². The summed E-state index contributed by atoms with van der Waals surface area (Å²) in [5.74, 6) is 0.933. The Balaban J connectivity index is 2.06. The zero-order valence-electron chi connectivity index (χ0n) is 12.7. The number of hydrogen-bond donors (Lipinski definition) is 1. The number of rotatable bonds is 5. The fourth-order valence-corrected chi connectivity index (χ4v) is 2.83. The van der Waals surface area contributed by atoms with Crippen LogP contribution in [0.15, 0.2) is 24.3 Å². The first kappa shape index (κ1) is 15.3. The van der Waals surface area contributed by atoms with Crippen LogP contribution in [0, 0.1) is 0 Å². The Bertz CT molecular complexity index is 393. The Kier molecular flexibility index (Phi) is 5.83. The molecule has 0 saturated carbocycles. The summed E-state index contributed by atoms with van der Waals surface area (Å²) >= 11 is 0. The topological polar surface area (TPSA) is 41.7 Å². The number of nitrogens with two attached hydrogens (primary N) is 1. The van der Waals surface area contributed by atoms with Gasteiger partial charge in [-0.1, -0.05) is 12.1 Å². The van der Waals surface area contributed by atoms with Crippen LogP contribution in [0.4, 0.5) is 0 Å². The van der Waals surface area contributed by atoms with Crippen molar-refractivity contribution in [3.05, 3.63) is 29.8 Å². The fourth-order valence-electron chi connectivity index (χ4n) is 2.83. The summed E-state index contributed by atoms with van der Waals surface area (Å²) in [7, 11) is 2.19. The first-order chi connectivity index (χ1) is 9.74. The highest BCUT2D eigenvalue weighted by Gasteiger charge is 2.21. The molecule has 1 aliphatic rings. The van der Waals surface area contributed by atoms with Gasteiger partial charge in [-0.25, -0.2) is 0 Å². The first-order valence-corrected chi connectivity index (χ1v) is 7.60. The SMILES string of the molecule is CCOc1ccc(C(CN)N2CCCN(C)CC2)cc1. The molecule has 1 aromatic carbocycles. The van der Waals surface area contributed by atoms with Gasteiger partial charge < -0.3 is 15.4 Å². The second-order valence-corrected chi connectivity index (χ2v) is 5.45. The van der Waals surface area contributed by atoms with Crippen LogP contribution < -0.4 is 10.5 Å². The molecule has 1 aliphatic heterocycles. The van der Waals surface area contributed by atoms with Crippen molar-refractivity contribution < 1.29 is 4.74 Å². The average Bonchev–Trinajstić information content (AvgIpc) is 2.67. The van der Waals surface area contributed by atoms with E-state index in [1.54, 1.807) is 0 Å². The van der Waals surface area contributed by atoms with Crippen LogP contribution in [0.5, 0.6) is 5.75 Å². The van der Waals surface area contributed by atoms with E-state index >= 15 is 0 Å². The third-order valence-corrected chi connectivity index (χ3v) is 3.99. The Morgan fingerprint density at radius 2 is 1.90 bits per heavy atom. The van der Waals surface area contributed by atoms with Crippen molar-refractivity contribution in [1.29, 1.82) is 0 Å². The summed E-state index contributed by atoms with van der Waals surface area (Å²) in [4.78, 5) is 4.91. The molecule has 4 heteroatoms. The molecule has 0 bridgehead atoms. The van der Waals surface area contributed by atoms with E-state index in [0.29, 0.717) is 19.2 Å². The molecule has 0 aromatic heterocycles. The van der Waals surface area contributed by atoms with Crippen LogP contribution in [-0.4, -0.2) is 56.2 Å². The standard InChI is InChI=1S/C16H27N3O/c1-3-20-15-7-5-14(6-8-15)16(13-17)19-10-4-9-18(2)11-12-19/h5-8,16H,3-4,9-13,17H2,1-2H3. The minimum Gasteiger partial charge on any atom is -0.494 e. The summed E-state index contributed by atoms with van der Waals surface area (Å²) in [6, 6.07) is 8.71. The minimum atomic E-state index is 0.317. The van der Waals surface area contributed by atoms with Crippen LogP contribution in [0.1, 0.15) is 24.9 Å². The molecular formula is C16H27N3O. The van der Waals surface area contributed by atoms with Crippen molar-refractivity contribution in [2.75, 3.05) is 46.4 Å². The maximum Gasteiger partial charge on any atom is 0.119 e. The Morgan fingerprint density at radius 1 is 1.15 bits per heavy atom. The third kappa shape index (κ3) is 3.95. The molecule has 0 spiro atoms. The van der Waals surface area contributed by atoms with E-state index < -0.39 is 0 Å². The van der Waals surface area contributed by atoms with Gasteiger partial charge in [0.25, 0.3) is 0 Å². The summed E-state index contributed by atoms with van der Waals surface area (Å²) in [5, 5.41) is 0. The van der Waals surface area contributed by atoms with Gasteiger partial charge in [0.15, 0.2) is 0 Å². The van der Waals surface area contributed by atoms with E-state index in [-0.39, 0.29) is 0 Å². The number of likely N-dealkylation sites (N-methyl/N-ethyl adjacent to an activating group) is 1. The Morgan fingerprint density at radius 3 is 2.55 bits per heavy atom. The van der Waals surface area contributed by atoms with E-state index in [4.69, 9.17) is 10.5 Å². The summed E-state index contributed by atoms with van der Waals surface area (Å²) < 4.78 is 5.50. The van der Waals surface area contributed by atoms with Crippen molar-refractivity contribution in [1.82, 2.24) is 9.80 Å². The molecule has 2 rings (SSSR count). The van der Waals surface area contributed by atoms with Crippen LogP contribution in [0.25, 0.3) is 0 Å². The van der Waals surface area contributed by atoms with Gasteiger partial charge in [0.1, 0.15) is 5.75 Å². The second kappa shape index (κ2) is 7.62. The lowest BCUT2D eigenvalue weighted by atomic mass is 10.0. The quantitative estimate of drug-likeness (QED) is 0.890. The maximum absolute atomic E-state index is 6.03. The summed E-state index contributed by atoms with van der Waals surface area (Å²) in [5.41, 5.74) is 7.32. The van der Waals surface area contributed by atoms with Gasteiger partial charge in [-0.2, -0.15) is 0 Å². The second-order valence-electron chi connectivity index (χ2n) is 5.45. The zero-order chi connectivity index (χ0) is 14.4. The van der Waals surface area contributed by atoms with Crippen LogP contribution in [-0.2, 0) is 0 Å². The van der Waals surface area contributed by atoms with Gasteiger partial charge in [0.2, 0.25) is 0 Å². The number of nitrogens with zero attached hydrogens (tertiary/aromatic N) is 2. The van der Waals surface area contributed by atoms with Gasteiger partial charge in [-0.3, -0.25) is 4.90 Å². The average molecular weight is 277 g/mol. The zero-order valence-corrected chi connectivity index (χ0v) is 12.7. The van der Waals surface area contributed by atoms with Crippen molar-refractivity contribution in [2.24, 2.45) is 5.73 Å². The monoisotopic (exact) mass is 277 g/mol. The maximum atomic E-state index is 6.03. The highest BCUT2D eigenvalue weighted by atomic mass is 16.5. The van der Waals surface area contributed by atoms with Gasteiger partial charge in [0, 0.05) is 32.2 Å². The summed E-state index contributed by atoms with van der Waals surface area (Å²) in [6.45, 7) is 7.88. The highest BCUT2D eigenvalue weighted by Crippen LogP contribution is 2.23. The molecule has 20 heavy (non-hydrogen) atoms. The predicted octanol–water partition coefficient (Wildman–Crippen LogP) is 1.72. The first-order valence-electron chi connectivity index (χ1n) is 7.60. The largest absolute Gasteiger partial charge is 0.494 e. The molecule has 1 atom stereocenters. The summed E-state index contributed by atoms with van der Waals surface area (Å²) in [6.07, 6.45) is 1.21. The van der Waals surface area contributed by atoms with Crippen molar-refractivity contribution in [3.63, 3.8) is 0 Å². The molecule has 4 nitrogen and oxygen atoms in total. The Hall–Kier alpha value is -1.10. The smallest absolute Gasteiger partial charge is 0.119 e. The van der Waals surface area contributed by atoms with Crippen molar-refractivity contribution in [3.8, 4) is 5.75 Å². The lowest BCUT2D eigenvalue weighted by Gasteiger charge is -2.30. The lowest BCUT2D eigenvalue weighted by molar-refractivity contribution is 0.208. The van der Waals surface area contributed by atoms with Gasteiger partial charge in [-0.05, 0) is 44.6 Å². The van der Waals surface area contributed by atoms with Gasteiger partial charge in [0.05, 0.1) is 6.61 Å². The van der Waals surface area contributed by atoms with E-state index in [9.17, 15) is 0 Å². The Labute approximate surface area is 122 Å². The molecule has 0 amide bonds. The van der Waals surface area contributed by atoms with Gasteiger partial charge >= 0.3 is 0 Å². The van der Waals surface area contributed by atoms with Crippen molar-refractivity contribution in [2.45, 2.75) is 19.4 Å². The molecule has 112 valence electrons. The molecule has 1 unspecified atom stereocenters. The normalized spacial score (nSPS) is 19.6. The number of ether oxygens (including phenoxy) is 1. The molecule has 1 heterocycles. The lowest BCUT2D eigenvalue weighted by Crippen LogP contribution is -2.36. The third-order valence-electron chi connectivity index (χ3n) is 3.99. The van der Waals surface area contributed by atoms with Crippen LogP contribution in [0.3, 0.4) is 0 Å². The molecule has 0 aliphatic carbocycles. The van der Waals surface area contributed by atoms with E-state index in [1.807, 2.05) is 19.1 Å². The number of benzene rings is 1. The fraction of sp³-hybridized carbons (Fsp3) is 0.625. The predicted molar refractivity (Wildman–Crippen MR) is 83.1 cm³/mol. The molecular weight excluding hydrogens is 250 g/mol. The molecule has 1 aromatic rings.